The van der Waals surface area contributed by atoms with Crippen molar-refractivity contribution in [1.82, 2.24) is 0 Å². The standard InChI is InChI=1S/C18H20ClNO/c19-14-7-4-8-15(11-14)21-12-18(20)17-10-2-1-9-16(17)13-5-3-6-13/h1-2,4,7-11,13,18H,3,5-6,12,20H2. The molecule has 1 saturated carbocycles. The van der Waals surface area contributed by atoms with Crippen LogP contribution in [-0.4, -0.2) is 6.61 Å². The molecule has 0 bridgehead atoms. The molecule has 0 heterocycles. The van der Waals surface area contributed by atoms with Crippen molar-refractivity contribution in [2.24, 2.45) is 5.73 Å². The molecule has 3 rings (SSSR count). The lowest BCUT2D eigenvalue weighted by molar-refractivity contribution is 0.288. The summed E-state index contributed by atoms with van der Waals surface area (Å²) in [5, 5.41) is 0.677. The van der Waals surface area contributed by atoms with E-state index < -0.39 is 0 Å². The summed E-state index contributed by atoms with van der Waals surface area (Å²) in [6.45, 7) is 0.462. The van der Waals surface area contributed by atoms with Gasteiger partial charge in [0.2, 0.25) is 0 Å². The van der Waals surface area contributed by atoms with Crippen LogP contribution in [0.3, 0.4) is 0 Å². The second-order valence-corrected chi connectivity index (χ2v) is 6.07. The quantitative estimate of drug-likeness (QED) is 0.870. The van der Waals surface area contributed by atoms with Crippen LogP contribution in [0.5, 0.6) is 5.75 Å². The van der Waals surface area contributed by atoms with Gasteiger partial charge in [-0.2, -0.15) is 0 Å². The van der Waals surface area contributed by atoms with Crippen LogP contribution >= 0.6 is 11.6 Å². The van der Waals surface area contributed by atoms with Gasteiger partial charge in [0.15, 0.2) is 0 Å². The van der Waals surface area contributed by atoms with Crippen molar-refractivity contribution in [3.05, 3.63) is 64.7 Å². The van der Waals surface area contributed by atoms with Gasteiger partial charge >= 0.3 is 0 Å². The van der Waals surface area contributed by atoms with E-state index in [1.54, 1.807) is 0 Å². The number of halogens is 1. The van der Waals surface area contributed by atoms with Gasteiger partial charge in [-0.05, 0) is 48.1 Å². The van der Waals surface area contributed by atoms with Gasteiger partial charge < -0.3 is 10.5 Å². The van der Waals surface area contributed by atoms with Crippen LogP contribution in [0, 0.1) is 0 Å². The first kappa shape index (κ1) is 14.4. The van der Waals surface area contributed by atoms with E-state index in [2.05, 4.69) is 24.3 Å². The summed E-state index contributed by atoms with van der Waals surface area (Å²) in [7, 11) is 0. The molecule has 2 nitrogen and oxygen atoms in total. The van der Waals surface area contributed by atoms with Gasteiger partial charge in [0.25, 0.3) is 0 Å². The van der Waals surface area contributed by atoms with E-state index in [9.17, 15) is 0 Å². The Morgan fingerprint density at radius 1 is 1.14 bits per heavy atom. The van der Waals surface area contributed by atoms with Crippen molar-refractivity contribution in [1.29, 1.82) is 0 Å². The number of ether oxygens (including phenoxy) is 1. The molecule has 1 fully saturated rings. The molecule has 0 saturated heterocycles. The van der Waals surface area contributed by atoms with Crippen LogP contribution in [0.4, 0.5) is 0 Å². The van der Waals surface area contributed by atoms with Crippen LogP contribution in [0.2, 0.25) is 5.02 Å². The fourth-order valence-electron chi connectivity index (χ4n) is 2.77. The highest BCUT2D eigenvalue weighted by atomic mass is 35.5. The highest BCUT2D eigenvalue weighted by Gasteiger charge is 2.23. The predicted octanol–water partition coefficient (Wildman–Crippen LogP) is 4.69. The summed E-state index contributed by atoms with van der Waals surface area (Å²) in [5.74, 6) is 1.44. The minimum absolute atomic E-state index is 0.110. The van der Waals surface area contributed by atoms with Crippen LogP contribution < -0.4 is 10.5 Å². The molecule has 0 aliphatic heterocycles. The van der Waals surface area contributed by atoms with Gasteiger partial charge in [-0.15, -0.1) is 0 Å². The summed E-state index contributed by atoms with van der Waals surface area (Å²) in [5.41, 5.74) is 8.95. The monoisotopic (exact) mass is 301 g/mol. The first-order valence-corrected chi connectivity index (χ1v) is 7.84. The van der Waals surface area contributed by atoms with E-state index in [0.717, 1.165) is 5.75 Å². The van der Waals surface area contributed by atoms with Crippen molar-refractivity contribution >= 4 is 11.6 Å². The number of hydrogen-bond donors (Lipinski definition) is 1. The van der Waals surface area contributed by atoms with Crippen molar-refractivity contribution in [3.63, 3.8) is 0 Å². The minimum Gasteiger partial charge on any atom is -0.492 e. The zero-order chi connectivity index (χ0) is 14.7. The molecular formula is C18H20ClNO. The summed E-state index contributed by atoms with van der Waals surface area (Å²) >= 11 is 5.96. The molecule has 21 heavy (non-hydrogen) atoms. The Balaban J connectivity index is 1.69. The number of hydrogen-bond acceptors (Lipinski definition) is 2. The van der Waals surface area contributed by atoms with Gasteiger partial charge in [0.1, 0.15) is 12.4 Å². The van der Waals surface area contributed by atoms with Gasteiger partial charge in [-0.1, -0.05) is 48.4 Å². The number of benzene rings is 2. The summed E-state index contributed by atoms with van der Waals surface area (Å²) in [6.07, 6.45) is 3.88. The maximum absolute atomic E-state index is 6.34. The second kappa shape index (κ2) is 6.50. The predicted molar refractivity (Wildman–Crippen MR) is 86.9 cm³/mol. The minimum atomic E-state index is -0.110. The molecule has 3 heteroatoms. The Morgan fingerprint density at radius 3 is 2.67 bits per heavy atom. The fraction of sp³-hybridized carbons (Fsp3) is 0.333. The average molecular weight is 302 g/mol. The average Bonchev–Trinajstić information content (AvgIpc) is 2.44. The molecule has 1 aliphatic rings. The van der Waals surface area contributed by atoms with Gasteiger partial charge in [0.05, 0.1) is 6.04 Å². The summed E-state index contributed by atoms with van der Waals surface area (Å²) in [4.78, 5) is 0. The third kappa shape index (κ3) is 3.39. The van der Waals surface area contributed by atoms with Crippen molar-refractivity contribution in [2.75, 3.05) is 6.61 Å². The van der Waals surface area contributed by atoms with Crippen molar-refractivity contribution < 1.29 is 4.74 Å². The van der Waals surface area contributed by atoms with Crippen LogP contribution in [-0.2, 0) is 0 Å². The maximum Gasteiger partial charge on any atom is 0.120 e. The largest absolute Gasteiger partial charge is 0.492 e. The molecule has 0 aromatic heterocycles. The Morgan fingerprint density at radius 2 is 1.95 bits per heavy atom. The van der Waals surface area contributed by atoms with E-state index in [1.807, 2.05) is 24.3 Å². The first-order valence-electron chi connectivity index (χ1n) is 7.47. The molecule has 2 aromatic carbocycles. The van der Waals surface area contributed by atoms with E-state index >= 15 is 0 Å². The highest BCUT2D eigenvalue weighted by Crippen LogP contribution is 2.39. The maximum atomic E-state index is 6.34. The molecule has 2 aromatic rings. The number of rotatable bonds is 5. The van der Waals surface area contributed by atoms with Crippen molar-refractivity contribution in [3.8, 4) is 5.75 Å². The first-order chi connectivity index (χ1) is 10.2. The third-order valence-electron chi connectivity index (χ3n) is 4.17. The van der Waals surface area contributed by atoms with Crippen LogP contribution in [0.15, 0.2) is 48.5 Å². The lowest BCUT2D eigenvalue weighted by Gasteiger charge is -2.29. The topological polar surface area (TPSA) is 35.2 Å². The van der Waals surface area contributed by atoms with E-state index in [0.29, 0.717) is 17.5 Å². The molecule has 1 atom stereocenters. The highest BCUT2D eigenvalue weighted by molar-refractivity contribution is 6.30. The molecule has 0 spiro atoms. The van der Waals surface area contributed by atoms with E-state index in [-0.39, 0.29) is 6.04 Å². The second-order valence-electron chi connectivity index (χ2n) is 5.63. The van der Waals surface area contributed by atoms with Gasteiger partial charge in [0, 0.05) is 5.02 Å². The van der Waals surface area contributed by atoms with Gasteiger partial charge in [-0.25, -0.2) is 0 Å². The molecule has 1 unspecified atom stereocenters. The zero-order valence-corrected chi connectivity index (χ0v) is 12.7. The number of nitrogens with two attached hydrogens (primary N) is 1. The molecule has 0 radical (unpaired) electrons. The van der Waals surface area contributed by atoms with Crippen LogP contribution in [0.25, 0.3) is 0 Å². The van der Waals surface area contributed by atoms with Crippen LogP contribution in [0.1, 0.15) is 42.3 Å². The Hall–Kier alpha value is -1.51. The summed E-state index contributed by atoms with van der Waals surface area (Å²) < 4.78 is 5.78. The Kier molecular flexibility index (Phi) is 4.47. The Labute approximate surface area is 130 Å². The van der Waals surface area contributed by atoms with E-state index in [1.165, 1.54) is 30.4 Å². The van der Waals surface area contributed by atoms with Crippen molar-refractivity contribution in [2.45, 2.75) is 31.2 Å². The Bertz CT molecular complexity index is 610. The third-order valence-corrected chi connectivity index (χ3v) is 4.40. The summed E-state index contributed by atoms with van der Waals surface area (Å²) in [6, 6.07) is 15.8. The lowest BCUT2D eigenvalue weighted by atomic mass is 9.77. The zero-order valence-electron chi connectivity index (χ0n) is 12.0. The molecule has 0 amide bonds. The lowest BCUT2D eigenvalue weighted by Crippen LogP contribution is -2.22. The van der Waals surface area contributed by atoms with E-state index in [4.69, 9.17) is 22.1 Å². The molecule has 1 aliphatic carbocycles. The SMILES string of the molecule is NC(COc1cccc(Cl)c1)c1ccccc1C1CCC1. The fourth-order valence-corrected chi connectivity index (χ4v) is 2.95. The smallest absolute Gasteiger partial charge is 0.120 e. The molecule has 110 valence electrons. The van der Waals surface area contributed by atoms with Gasteiger partial charge in [-0.3, -0.25) is 0 Å². The molecular weight excluding hydrogens is 282 g/mol. The normalized spacial score (nSPS) is 16.3. The molecule has 2 N–H and O–H groups in total.